The minimum absolute atomic E-state index is 0.0509. The Bertz CT molecular complexity index is 1440. The molecule has 0 aromatic heterocycles. The van der Waals surface area contributed by atoms with E-state index in [1.807, 2.05) is 38.1 Å². The van der Waals surface area contributed by atoms with Crippen molar-refractivity contribution >= 4 is 27.5 Å². The Morgan fingerprint density at radius 3 is 2.32 bits per heavy atom. The van der Waals surface area contributed by atoms with E-state index < -0.39 is 28.5 Å². The first-order valence-corrected chi connectivity index (χ1v) is 15.5. The summed E-state index contributed by atoms with van der Waals surface area (Å²) >= 11 is 0. The minimum Gasteiger partial charge on any atom is -0.495 e. The summed E-state index contributed by atoms with van der Waals surface area (Å²) in [6, 6.07) is 21.8. The molecule has 1 aliphatic carbocycles. The first-order valence-electron chi connectivity index (χ1n) is 14.1. The lowest BCUT2D eigenvalue weighted by Gasteiger charge is -2.34. The Morgan fingerprint density at radius 1 is 0.976 bits per heavy atom. The molecular formula is C32H39N3O5S. The highest BCUT2D eigenvalue weighted by Crippen LogP contribution is 2.32. The van der Waals surface area contributed by atoms with Crippen LogP contribution in [-0.4, -0.2) is 50.9 Å². The van der Waals surface area contributed by atoms with Crippen LogP contribution in [0, 0.1) is 6.92 Å². The Balaban J connectivity index is 1.73. The predicted octanol–water partition coefficient (Wildman–Crippen LogP) is 5.07. The lowest BCUT2D eigenvalue weighted by atomic mass is 10.1. The number of methoxy groups -OCH3 is 1. The molecular weight excluding hydrogens is 538 g/mol. The second-order valence-corrected chi connectivity index (χ2v) is 12.3. The first-order chi connectivity index (χ1) is 19.7. The molecule has 1 atom stereocenters. The van der Waals surface area contributed by atoms with Gasteiger partial charge in [0, 0.05) is 12.6 Å². The molecule has 4 rings (SSSR count). The highest BCUT2D eigenvalue weighted by Gasteiger charge is 2.35. The number of carbonyl (C=O) groups is 2. The number of nitrogens with one attached hydrogen (secondary N) is 1. The van der Waals surface area contributed by atoms with Crippen LogP contribution in [0.1, 0.15) is 50.2 Å². The third-order valence-corrected chi connectivity index (χ3v) is 9.26. The Labute approximate surface area is 243 Å². The average molecular weight is 578 g/mol. The number of aryl methyl sites for hydroxylation is 1. The van der Waals surface area contributed by atoms with Gasteiger partial charge < -0.3 is 15.0 Å². The molecule has 218 valence electrons. The normalized spacial score (nSPS) is 14.3. The van der Waals surface area contributed by atoms with E-state index in [2.05, 4.69) is 5.32 Å². The van der Waals surface area contributed by atoms with E-state index in [1.54, 1.807) is 42.5 Å². The topological polar surface area (TPSA) is 96.0 Å². The summed E-state index contributed by atoms with van der Waals surface area (Å²) in [6.45, 7) is 3.50. The number of rotatable bonds is 12. The van der Waals surface area contributed by atoms with E-state index in [9.17, 15) is 18.0 Å². The molecule has 0 saturated heterocycles. The molecule has 0 radical (unpaired) electrons. The van der Waals surface area contributed by atoms with Crippen LogP contribution in [-0.2, 0) is 26.2 Å². The second kappa shape index (κ2) is 13.7. The predicted molar refractivity (Wildman–Crippen MR) is 160 cm³/mol. The van der Waals surface area contributed by atoms with E-state index in [4.69, 9.17) is 4.74 Å². The van der Waals surface area contributed by atoms with Crippen LogP contribution in [0.2, 0.25) is 0 Å². The molecule has 1 saturated carbocycles. The summed E-state index contributed by atoms with van der Waals surface area (Å²) in [5.74, 6) is -0.378. The zero-order chi connectivity index (χ0) is 29.4. The van der Waals surface area contributed by atoms with Gasteiger partial charge in [0.05, 0.1) is 17.7 Å². The SMILES string of the molecule is CC[C@@H](C(=O)NC1CCCC1)N(Cc1cccc(C)c1)C(=O)CN(c1ccccc1OC)S(=O)(=O)c1ccccc1. The summed E-state index contributed by atoms with van der Waals surface area (Å²) in [7, 11) is -2.70. The monoisotopic (exact) mass is 577 g/mol. The molecule has 0 heterocycles. The summed E-state index contributed by atoms with van der Waals surface area (Å²) in [5, 5.41) is 3.14. The number of anilines is 1. The van der Waals surface area contributed by atoms with E-state index in [-0.39, 0.29) is 29.1 Å². The van der Waals surface area contributed by atoms with Gasteiger partial charge >= 0.3 is 0 Å². The first kappa shape index (κ1) is 30.1. The molecule has 0 bridgehead atoms. The quantitative estimate of drug-likeness (QED) is 0.325. The number of hydrogen-bond donors (Lipinski definition) is 1. The standard InChI is InChI=1S/C32H39N3O5S/c1-4-28(32(37)33-26-15-8-9-16-26)34(22-25-14-12-13-24(2)21-25)31(36)23-35(29-19-10-11-20-30(29)40-3)41(38,39)27-17-6-5-7-18-27/h5-7,10-14,17-21,26,28H,4,8-9,15-16,22-23H2,1-3H3,(H,33,37)/t28-/m0/s1. The lowest BCUT2D eigenvalue weighted by Crippen LogP contribution is -2.53. The van der Waals surface area contributed by atoms with Crippen LogP contribution in [0.4, 0.5) is 5.69 Å². The number of carbonyl (C=O) groups excluding carboxylic acids is 2. The molecule has 1 aliphatic rings. The van der Waals surface area contributed by atoms with E-state index in [0.29, 0.717) is 12.2 Å². The molecule has 1 N–H and O–H groups in total. The van der Waals surface area contributed by atoms with Crippen molar-refractivity contribution in [1.29, 1.82) is 0 Å². The highest BCUT2D eigenvalue weighted by molar-refractivity contribution is 7.92. The number of amides is 2. The molecule has 8 nitrogen and oxygen atoms in total. The fraction of sp³-hybridized carbons (Fsp3) is 0.375. The van der Waals surface area contributed by atoms with Gasteiger partial charge in [-0.3, -0.25) is 13.9 Å². The maximum Gasteiger partial charge on any atom is 0.264 e. The minimum atomic E-state index is -4.16. The van der Waals surface area contributed by atoms with E-state index >= 15 is 0 Å². The van der Waals surface area contributed by atoms with Crippen molar-refractivity contribution in [2.75, 3.05) is 18.0 Å². The number of hydrogen-bond acceptors (Lipinski definition) is 5. The molecule has 0 aliphatic heterocycles. The van der Waals surface area contributed by atoms with Crippen molar-refractivity contribution in [3.8, 4) is 5.75 Å². The number of nitrogens with zero attached hydrogens (tertiary/aromatic N) is 2. The van der Waals surface area contributed by atoms with Crippen molar-refractivity contribution in [3.63, 3.8) is 0 Å². The Hall–Kier alpha value is -3.85. The van der Waals surface area contributed by atoms with Crippen LogP contribution in [0.25, 0.3) is 0 Å². The van der Waals surface area contributed by atoms with Gasteiger partial charge in [0.1, 0.15) is 18.3 Å². The van der Waals surface area contributed by atoms with E-state index in [0.717, 1.165) is 41.1 Å². The maximum atomic E-state index is 14.2. The molecule has 41 heavy (non-hydrogen) atoms. The van der Waals surface area contributed by atoms with Gasteiger partial charge in [-0.2, -0.15) is 0 Å². The van der Waals surface area contributed by atoms with Crippen molar-refractivity contribution in [2.45, 2.75) is 69.5 Å². The number of para-hydroxylation sites is 2. The molecule has 1 fully saturated rings. The van der Waals surface area contributed by atoms with Gasteiger partial charge in [-0.1, -0.05) is 79.9 Å². The summed E-state index contributed by atoms with van der Waals surface area (Å²) in [5.41, 5.74) is 2.13. The van der Waals surface area contributed by atoms with Gasteiger partial charge in [-0.25, -0.2) is 8.42 Å². The van der Waals surface area contributed by atoms with Crippen LogP contribution in [0.5, 0.6) is 5.75 Å². The zero-order valence-electron chi connectivity index (χ0n) is 24.0. The van der Waals surface area contributed by atoms with Crippen LogP contribution in [0.3, 0.4) is 0 Å². The molecule has 9 heteroatoms. The van der Waals surface area contributed by atoms with Crippen molar-refractivity contribution in [2.24, 2.45) is 0 Å². The summed E-state index contributed by atoms with van der Waals surface area (Å²) < 4.78 is 34.5. The molecule has 3 aromatic rings. The Kier molecular flexibility index (Phi) is 10.0. The number of sulfonamides is 1. The van der Waals surface area contributed by atoms with Gasteiger partial charge in [0.15, 0.2) is 0 Å². The maximum absolute atomic E-state index is 14.2. The summed E-state index contributed by atoms with van der Waals surface area (Å²) in [6.07, 6.45) is 4.36. The number of benzene rings is 3. The Morgan fingerprint density at radius 2 is 1.66 bits per heavy atom. The van der Waals surface area contributed by atoms with Gasteiger partial charge in [-0.15, -0.1) is 0 Å². The van der Waals surface area contributed by atoms with Crippen molar-refractivity contribution < 1.29 is 22.7 Å². The van der Waals surface area contributed by atoms with E-state index in [1.165, 1.54) is 24.1 Å². The third kappa shape index (κ3) is 7.27. The molecule has 0 unspecified atom stereocenters. The van der Waals surface area contributed by atoms with Crippen LogP contribution in [0.15, 0.2) is 83.8 Å². The van der Waals surface area contributed by atoms with Gasteiger partial charge in [0.25, 0.3) is 10.0 Å². The second-order valence-electron chi connectivity index (χ2n) is 10.4. The highest BCUT2D eigenvalue weighted by atomic mass is 32.2. The third-order valence-electron chi connectivity index (χ3n) is 7.49. The molecule has 2 amide bonds. The molecule has 0 spiro atoms. The van der Waals surface area contributed by atoms with Crippen LogP contribution < -0.4 is 14.4 Å². The van der Waals surface area contributed by atoms with Gasteiger partial charge in [0.2, 0.25) is 11.8 Å². The van der Waals surface area contributed by atoms with Crippen molar-refractivity contribution in [3.05, 3.63) is 90.0 Å². The molecule has 3 aromatic carbocycles. The van der Waals surface area contributed by atoms with Crippen molar-refractivity contribution in [1.82, 2.24) is 10.2 Å². The van der Waals surface area contributed by atoms with Crippen LogP contribution >= 0.6 is 0 Å². The number of ether oxygens (including phenoxy) is 1. The largest absolute Gasteiger partial charge is 0.495 e. The lowest BCUT2D eigenvalue weighted by molar-refractivity contribution is -0.140. The fourth-order valence-corrected chi connectivity index (χ4v) is 6.81. The fourth-order valence-electron chi connectivity index (χ4n) is 5.36. The van der Waals surface area contributed by atoms with Gasteiger partial charge in [-0.05, 0) is 56.0 Å². The zero-order valence-corrected chi connectivity index (χ0v) is 24.8. The average Bonchev–Trinajstić information content (AvgIpc) is 3.49. The smallest absolute Gasteiger partial charge is 0.264 e. The summed E-state index contributed by atoms with van der Waals surface area (Å²) in [4.78, 5) is 29.4.